The second-order valence-electron chi connectivity index (χ2n) is 3.09. The number of carbonyl (C=O) groups excluding carboxylic acids is 1. The van der Waals surface area contributed by atoms with Crippen LogP contribution in [0.4, 0.5) is 0 Å². The molecule has 1 aromatic rings. The highest BCUT2D eigenvalue weighted by molar-refractivity contribution is 7.89. The van der Waals surface area contributed by atoms with Gasteiger partial charge in [0, 0.05) is 12.7 Å². The second-order valence-corrected chi connectivity index (χ2v) is 5.25. The number of rotatable bonds is 5. The normalized spacial score (nSPS) is 11.2. The topological polar surface area (TPSA) is 88.2 Å². The van der Waals surface area contributed by atoms with Crippen LogP contribution in [0, 0.1) is 0 Å². The summed E-state index contributed by atoms with van der Waals surface area (Å²) in [5.41, 5.74) is 0. The predicted octanol–water partition coefficient (Wildman–Crippen LogP) is 0.149. The first-order chi connectivity index (χ1) is 7.95. The molecule has 0 radical (unpaired) electrons. The Balaban J connectivity index is 2.69. The molecule has 1 amide bonds. The van der Waals surface area contributed by atoms with E-state index in [-0.39, 0.29) is 16.6 Å². The van der Waals surface area contributed by atoms with E-state index in [1.165, 1.54) is 12.1 Å². The minimum atomic E-state index is -3.72. The van der Waals surface area contributed by atoms with Crippen LogP contribution in [-0.4, -0.2) is 32.4 Å². The van der Waals surface area contributed by atoms with E-state index in [1.54, 1.807) is 6.92 Å². The van der Waals surface area contributed by atoms with Crippen molar-refractivity contribution in [2.24, 2.45) is 0 Å². The van der Waals surface area contributed by atoms with Gasteiger partial charge in [-0.3, -0.25) is 4.79 Å². The Morgan fingerprint density at radius 1 is 1.47 bits per heavy atom. The molecule has 0 saturated carbocycles. The zero-order valence-electron chi connectivity index (χ0n) is 9.10. The van der Waals surface area contributed by atoms with Crippen molar-refractivity contribution in [1.29, 1.82) is 0 Å². The first kappa shape index (κ1) is 13.9. The molecule has 8 heteroatoms. The van der Waals surface area contributed by atoms with Crippen molar-refractivity contribution in [3.05, 3.63) is 23.5 Å². The maximum absolute atomic E-state index is 11.7. The number of aromatic nitrogens is 1. The first-order valence-corrected chi connectivity index (χ1v) is 6.69. The van der Waals surface area contributed by atoms with Gasteiger partial charge in [0.1, 0.15) is 10.0 Å². The summed E-state index contributed by atoms with van der Waals surface area (Å²) in [7, 11) is -3.72. The number of nitrogens with zero attached hydrogens (tertiary/aromatic N) is 1. The largest absolute Gasteiger partial charge is 0.355 e. The van der Waals surface area contributed by atoms with Crippen molar-refractivity contribution in [2.45, 2.75) is 11.8 Å². The third kappa shape index (κ3) is 4.29. The van der Waals surface area contributed by atoms with Crippen molar-refractivity contribution in [2.75, 3.05) is 13.1 Å². The fourth-order valence-electron chi connectivity index (χ4n) is 1.02. The van der Waals surface area contributed by atoms with Crippen LogP contribution >= 0.6 is 11.6 Å². The zero-order valence-corrected chi connectivity index (χ0v) is 10.7. The predicted molar refractivity (Wildman–Crippen MR) is 63.1 cm³/mol. The molecule has 0 aliphatic carbocycles. The highest BCUT2D eigenvalue weighted by atomic mass is 35.5. The first-order valence-electron chi connectivity index (χ1n) is 4.83. The Morgan fingerprint density at radius 2 is 2.18 bits per heavy atom. The number of amides is 1. The monoisotopic (exact) mass is 277 g/mol. The van der Waals surface area contributed by atoms with Gasteiger partial charge in [-0.15, -0.1) is 0 Å². The van der Waals surface area contributed by atoms with Crippen molar-refractivity contribution < 1.29 is 13.2 Å². The highest BCUT2D eigenvalue weighted by Crippen LogP contribution is 2.10. The molecule has 1 aromatic heterocycles. The van der Waals surface area contributed by atoms with Gasteiger partial charge in [0.05, 0.1) is 6.54 Å². The summed E-state index contributed by atoms with van der Waals surface area (Å²) in [5.74, 6) is -0.391. The van der Waals surface area contributed by atoms with Gasteiger partial charge in [-0.1, -0.05) is 11.6 Å². The molecule has 0 spiro atoms. The molecule has 1 rings (SSSR count). The number of nitrogens with one attached hydrogen (secondary N) is 2. The fourth-order valence-corrected chi connectivity index (χ4v) is 2.06. The molecule has 2 N–H and O–H groups in total. The number of hydrogen-bond donors (Lipinski definition) is 2. The Labute approximate surface area is 104 Å². The Hall–Kier alpha value is -1.18. The molecule has 94 valence electrons. The molecule has 0 fully saturated rings. The van der Waals surface area contributed by atoms with Gasteiger partial charge < -0.3 is 5.32 Å². The molecule has 0 saturated heterocycles. The van der Waals surface area contributed by atoms with E-state index < -0.39 is 15.9 Å². The summed E-state index contributed by atoms with van der Waals surface area (Å²) in [5, 5.41) is 2.68. The summed E-state index contributed by atoms with van der Waals surface area (Å²) < 4.78 is 25.5. The number of sulfonamides is 1. The van der Waals surface area contributed by atoms with Crippen molar-refractivity contribution in [1.82, 2.24) is 15.0 Å². The van der Waals surface area contributed by atoms with Crippen molar-refractivity contribution >= 4 is 27.5 Å². The van der Waals surface area contributed by atoms with Gasteiger partial charge in [0.25, 0.3) is 0 Å². The van der Waals surface area contributed by atoms with E-state index >= 15 is 0 Å². The molecule has 0 aliphatic rings. The molecular formula is C9H12ClN3O3S. The van der Waals surface area contributed by atoms with Gasteiger partial charge >= 0.3 is 0 Å². The van der Waals surface area contributed by atoms with Crippen LogP contribution in [0.15, 0.2) is 23.2 Å². The van der Waals surface area contributed by atoms with E-state index in [4.69, 9.17) is 11.6 Å². The van der Waals surface area contributed by atoms with Crippen molar-refractivity contribution in [3.63, 3.8) is 0 Å². The lowest BCUT2D eigenvalue weighted by Gasteiger charge is -2.06. The summed E-state index contributed by atoms with van der Waals surface area (Å²) >= 11 is 5.54. The summed E-state index contributed by atoms with van der Waals surface area (Å²) in [6.07, 6.45) is 1.13. The lowest BCUT2D eigenvalue weighted by atomic mass is 10.5. The van der Waals surface area contributed by atoms with Crippen LogP contribution in [0.1, 0.15) is 6.92 Å². The smallest absolute Gasteiger partial charge is 0.242 e. The second kappa shape index (κ2) is 5.95. The third-order valence-corrected chi connectivity index (χ3v) is 3.42. The highest BCUT2D eigenvalue weighted by Gasteiger charge is 2.15. The third-order valence-electron chi connectivity index (χ3n) is 1.81. The average molecular weight is 278 g/mol. The van der Waals surface area contributed by atoms with Crippen LogP contribution < -0.4 is 10.0 Å². The number of pyridine rings is 1. The summed E-state index contributed by atoms with van der Waals surface area (Å²) in [6.45, 7) is 1.89. The van der Waals surface area contributed by atoms with Gasteiger partial charge in [-0.25, -0.2) is 18.1 Å². The van der Waals surface area contributed by atoms with Crippen LogP contribution in [0.3, 0.4) is 0 Å². The molecular weight excluding hydrogens is 266 g/mol. The van der Waals surface area contributed by atoms with E-state index in [1.807, 2.05) is 0 Å². The summed E-state index contributed by atoms with van der Waals surface area (Å²) in [4.78, 5) is 14.7. The lowest BCUT2D eigenvalue weighted by Crippen LogP contribution is -2.36. The van der Waals surface area contributed by atoms with E-state index in [0.29, 0.717) is 6.54 Å². The number of hydrogen-bond acceptors (Lipinski definition) is 4. The fraction of sp³-hybridized carbons (Fsp3) is 0.333. The SMILES string of the molecule is CCNC(=O)CNS(=O)(=O)c1ccc(Cl)nc1. The molecule has 0 atom stereocenters. The zero-order chi connectivity index (χ0) is 12.9. The van der Waals surface area contributed by atoms with Crippen molar-refractivity contribution in [3.8, 4) is 0 Å². The number of likely N-dealkylation sites (N-methyl/N-ethyl adjacent to an activating group) is 1. The maximum Gasteiger partial charge on any atom is 0.242 e. The van der Waals surface area contributed by atoms with Crippen LogP contribution in [0.5, 0.6) is 0 Å². The van der Waals surface area contributed by atoms with Gasteiger partial charge in [0.15, 0.2) is 0 Å². The minimum absolute atomic E-state index is 0.0359. The Morgan fingerprint density at radius 3 is 2.71 bits per heavy atom. The molecule has 0 unspecified atom stereocenters. The maximum atomic E-state index is 11.7. The quantitative estimate of drug-likeness (QED) is 0.750. The van der Waals surface area contributed by atoms with E-state index in [9.17, 15) is 13.2 Å². The van der Waals surface area contributed by atoms with Gasteiger partial charge in [-0.05, 0) is 19.1 Å². The molecule has 0 aromatic carbocycles. The molecule has 0 bridgehead atoms. The van der Waals surface area contributed by atoms with E-state index in [2.05, 4.69) is 15.0 Å². The average Bonchev–Trinajstić information content (AvgIpc) is 2.28. The van der Waals surface area contributed by atoms with E-state index in [0.717, 1.165) is 6.20 Å². The standard InChI is InChI=1S/C9H12ClN3O3S/c1-2-11-9(14)6-13-17(15,16)7-3-4-8(10)12-5-7/h3-5,13H,2,6H2,1H3,(H,11,14). The van der Waals surface area contributed by atoms with Gasteiger partial charge in [0.2, 0.25) is 15.9 Å². The molecule has 6 nitrogen and oxygen atoms in total. The lowest BCUT2D eigenvalue weighted by molar-refractivity contribution is -0.119. The number of halogens is 1. The summed E-state index contributed by atoms with van der Waals surface area (Å²) in [6, 6.07) is 2.68. The molecule has 0 aliphatic heterocycles. The van der Waals surface area contributed by atoms with Crippen LogP contribution in [0.2, 0.25) is 5.15 Å². The van der Waals surface area contributed by atoms with Crippen LogP contribution in [0.25, 0.3) is 0 Å². The number of carbonyl (C=O) groups is 1. The Bertz CT molecular complexity index is 487. The minimum Gasteiger partial charge on any atom is -0.355 e. The van der Waals surface area contributed by atoms with Crippen LogP contribution in [-0.2, 0) is 14.8 Å². The Kier molecular flexibility index (Phi) is 4.86. The molecule has 1 heterocycles. The van der Waals surface area contributed by atoms with Gasteiger partial charge in [-0.2, -0.15) is 0 Å². The molecule has 17 heavy (non-hydrogen) atoms.